The van der Waals surface area contributed by atoms with Crippen LogP contribution in [0.1, 0.15) is 17.4 Å². The summed E-state index contributed by atoms with van der Waals surface area (Å²) in [5.74, 6) is -0.342. The lowest BCUT2D eigenvalue weighted by molar-refractivity contribution is -0.0557. The summed E-state index contributed by atoms with van der Waals surface area (Å²) in [6, 6.07) is 4.52. The Bertz CT molecular complexity index is 333. The zero-order chi connectivity index (χ0) is 8.55. The summed E-state index contributed by atoms with van der Waals surface area (Å²) in [5, 5.41) is 9.25. The first-order chi connectivity index (χ1) is 5.79. The highest BCUT2D eigenvalue weighted by Crippen LogP contribution is 2.26. The number of benzene rings is 1. The van der Waals surface area contributed by atoms with Crippen LogP contribution >= 0.6 is 0 Å². The monoisotopic (exact) mass is 166 g/mol. The van der Waals surface area contributed by atoms with Crippen molar-refractivity contribution in [2.75, 3.05) is 0 Å². The summed E-state index contributed by atoms with van der Waals surface area (Å²) < 4.78 is 17.8. The van der Waals surface area contributed by atoms with E-state index in [-0.39, 0.29) is 5.82 Å². The predicted molar refractivity (Wildman–Crippen MR) is 41.5 cm³/mol. The Labute approximate surface area is 68.9 Å². The molecule has 0 aliphatic carbocycles. The van der Waals surface area contributed by atoms with Crippen LogP contribution in [0.2, 0.25) is 0 Å². The molecule has 1 atom stereocenters. The number of fused-ring (bicyclic) bond motifs is 1. The standard InChI is InChI=1S/C9H7FO2/c10-8-3-1-2-7-6(8)4-5-12-9(7)11/h1-5,9,11H. The quantitative estimate of drug-likeness (QED) is 0.637. The third-order valence-corrected chi connectivity index (χ3v) is 1.79. The van der Waals surface area contributed by atoms with E-state index >= 15 is 0 Å². The van der Waals surface area contributed by atoms with Crippen LogP contribution in [0.4, 0.5) is 4.39 Å². The SMILES string of the molecule is OC1OC=Cc2c(F)cccc21. The Morgan fingerprint density at radius 3 is 3.00 bits per heavy atom. The fourth-order valence-electron chi connectivity index (χ4n) is 1.20. The second-order valence-corrected chi connectivity index (χ2v) is 2.53. The number of ether oxygens (including phenoxy) is 1. The zero-order valence-corrected chi connectivity index (χ0v) is 6.20. The minimum absolute atomic E-state index is 0.342. The lowest BCUT2D eigenvalue weighted by Crippen LogP contribution is -2.06. The summed E-state index contributed by atoms with van der Waals surface area (Å²) in [6.45, 7) is 0. The van der Waals surface area contributed by atoms with E-state index in [9.17, 15) is 9.50 Å². The maximum atomic E-state index is 13.0. The molecule has 1 unspecified atom stereocenters. The lowest BCUT2D eigenvalue weighted by Gasteiger charge is -2.17. The summed E-state index contributed by atoms with van der Waals surface area (Å²) >= 11 is 0. The van der Waals surface area contributed by atoms with Crippen molar-refractivity contribution in [2.45, 2.75) is 6.29 Å². The van der Waals surface area contributed by atoms with Gasteiger partial charge in [0.25, 0.3) is 0 Å². The molecule has 0 aromatic heterocycles. The summed E-state index contributed by atoms with van der Waals surface area (Å²) in [7, 11) is 0. The Hall–Kier alpha value is -1.35. The highest BCUT2D eigenvalue weighted by Gasteiger charge is 2.17. The molecule has 1 aliphatic heterocycles. The Kier molecular flexibility index (Phi) is 1.59. The maximum Gasteiger partial charge on any atom is 0.224 e. The molecule has 1 N–H and O–H groups in total. The van der Waals surface area contributed by atoms with Crippen LogP contribution in [0.15, 0.2) is 24.5 Å². The molecule has 1 aromatic carbocycles. The van der Waals surface area contributed by atoms with Gasteiger partial charge in [-0.05, 0) is 12.1 Å². The van der Waals surface area contributed by atoms with Gasteiger partial charge in [-0.25, -0.2) is 4.39 Å². The topological polar surface area (TPSA) is 29.5 Å². The van der Waals surface area contributed by atoms with Crippen LogP contribution in [0.3, 0.4) is 0 Å². The third kappa shape index (κ3) is 0.987. The van der Waals surface area contributed by atoms with E-state index in [0.29, 0.717) is 11.1 Å². The molecule has 0 fully saturated rings. The highest BCUT2D eigenvalue weighted by molar-refractivity contribution is 5.55. The van der Waals surface area contributed by atoms with Crippen molar-refractivity contribution in [2.24, 2.45) is 0 Å². The van der Waals surface area contributed by atoms with Crippen molar-refractivity contribution in [3.8, 4) is 0 Å². The molecule has 1 heterocycles. The average Bonchev–Trinajstić information content (AvgIpc) is 2.07. The molecule has 0 amide bonds. The number of aliphatic hydroxyl groups is 1. The minimum Gasteiger partial charge on any atom is -0.468 e. The zero-order valence-electron chi connectivity index (χ0n) is 6.20. The maximum absolute atomic E-state index is 13.0. The van der Waals surface area contributed by atoms with Crippen LogP contribution in [-0.2, 0) is 4.74 Å². The van der Waals surface area contributed by atoms with Crippen molar-refractivity contribution in [3.63, 3.8) is 0 Å². The van der Waals surface area contributed by atoms with Gasteiger partial charge in [-0.1, -0.05) is 12.1 Å². The van der Waals surface area contributed by atoms with Crippen LogP contribution in [-0.4, -0.2) is 5.11 Å². The van der Waals surface area contributed by atoms with E-state index in [4.69, 9.17) is 4.74 Å². The normalized spacial score (nSPS) is 20.0. The Morgan fingerprint density at radius 2 is 2.25 bits per heavy atom. The van der Waals surface area contributed by atoms with E-state index in [2.05, 4.69) is 0 Å². The molecular weight excluding hydrogens is 159 g/mol. The number of hydrogen-bond acceptors (Lipinski definition) is 2. The summed E-state index contributed by atoms with van der Waals surface area (Å²) in [6.07, 6.45) is 1.74. The van der Waals surface area contributed by atoms with Gasteiger partial charge < -0.3 is 9.84 Å². The number of rotatable bonds is 0. The van der Waals surface area contributed by atoms with Crippen molar-refractivity contribution >= 4 is 6.08 Å². The summed E-state index contributed by atoms with van der Waals surface area (Å²) in [4.78, 5) is 0. The van der Waals surface area contributed by atoms with Crippen LogP contribution < -0.4 is 0 Å². The highest BCUT2D eigenvalue weighted by atomic mass is 19.1. The molecule has 3 heteroatoms. The number of halogens is 1. The van der Waals surface area contributed by atoms with Gasteiger partial charge in [0.1, 0.15) is 5.82 Å². The molecular formula is C9H7FO2. The van der Waals surface area contributed by atoms with E-state index in [1.807, 2.05) is 0 Å². The second-order valence-electron chi connectivity index (χ2n) is 2.53. The molecule has 2 rings (SSSR count). The van der Waals surface area contributed by atoms with E-state index in [0.717, 1.165) is 0 Å². The van der Waals surface area contributed by atoms with E-state index in [1.54, 1.807) is 12.1 Å². The van der Waals surface area contributed by atoms with Gasteiger partial charge >= 0.3 is 0 Å². The molecule has 1 aliphatic rings. The molecule has 2 nitrogen and oxygen atoms in total. The number of aliphatic hydroxyl groups excluding tert-OH is 1. The van der Waals surface area contributed by atoms with Crippen molar-refractivity contribution in [1.82, 2.24) is 0 Å². The first kappa shape index (κ1) is 7.31. The average molecular weight is 166 g/mol. The van der Waals surface area contributed by atoms with Crippen LogP contribution in [0.5, 0.6) is 0 Å². The molecule has 62 valence electrons. The van der Waals surface area contributed by atoms with Crippen molar-refractivity contribution < 1.29 is 14.2 Å². The Morgan fingerprint density at radius 1 is 1.42 bits per heavy atom. The molecule has 1 aromatic rings. The predicted octanol–water partition coefficient (Wildman–Crippen LogP) is 1.82. The van der Waals surface area contributed by atoms with Crippen molar-refractivity contribution in [3.05, 3.63) is 41.4 Å². The first-order valence-electron chi connectivity index (χ1n) is 3.57. The fraction of sp³-hybridized carbons (Fsp3) is 0.111. The molecule has 0 radical (unpaired) electrons. The van der Waals surface area contributed by atoms with Crippen molar-refractivity contribution in [1.29, 1.82) is 0 Å². The van der Waals surface area contributed by atoms with Gasteiger partial charge in [0.05, 0.1) is 6.26 Å². The molecule has 0 saturated heterocycles. The molecule has 0 spiro atoms. The van der Waals surface area contributed by atoms with Gasteiger partial charge in [0.15, 0.2) is 0 Å². The van der Waals surface area contributed by atoms with Crippen LogP contribution in [0, 0.1) is 5.82 Å². The van der Waals surface area contributed by atoms with Gasteiger partial charge in [-0.2, -0.15) is 0 Å². The van der Waals surface area contributed by atoms with Gasteiger partial charge in [0, 0.05) is 11.1 Å². The molecule has 0 bridgehead atoms. The lowest BCUT2D eigenvalue weighted by atomic mass is 10.1. The third-order valence-electron chi connectivity index (χ3n) is 1.79. The molecule has 0 saturated carbocycles. The number of hydrogen-bond donors (Lipinski definition) is 1. The summed E-state index contributed by atoms with van der Waals surface area (Å²) in [5.41, 5.74) is 0.869. The fourth-order valence-corrected chi connectivity index (χ4v) is 1.20. The van der Waals surface area contributed by atoms with E-state index < -0.39 is 6.29 Å². The second kappa shape index (κ2) is 2.60. The minimum atomic E-state index is -1.04. The smallest absolute Gasteiger partial charge is 0.224 e. The van der Waals surface area contributed by atoms with E-state index in [1.165, 1.54) is 18.4 Å². The van der Waals surface area contributed by atoms with Gasteiger partial charge in [0.2, 0.25) is 6.29 Å². The van der Waals surface area contributed by atoms with Crippen LogP contribution in [0.25, 0.3) is 6.08 Å². The first-order valence-corrected chi connectivity index (χ1v) is 3.57. The van der Waals surface area contributed by atoms with Gasteiger partial charge in [-0.3, -0.25) is 0 Å². The largest absolute Gasteiger partial charge is 0.468 e. The van der Waals surface area contributed by atoms with Gasteiger partial charge in [-0.15, -0.1) is 0 Å². The Balaban J connectivity index is 2.61. The molecule has 12 heavy (non-hydrogen) atoms.